The van der Waals surface area contributed by atoms with Crippen LogP contribution in [0.5, 0.6) is 0 Å². The van der Waals surface area contributed by atoms with Gasteiger partial charge in [0.25, 0.3) is 0 Å². The van der Waals surface area contributed by atoms with Crippen molar-refractivity contribution >= 4 is 17.3 Å². The topological polar surface area (TPSA) is 53.6 Å². The molecular formula is C13H23ClN4. The maximum atomic E-state index is 6.37. The van der Waals surface area contributed by atoms with Crippen molar-refractivity contribution in [2.45, 2.75) is 19.8 Å². The third-order valence-electron chi connectivity index (χ3n) is 2.75. The molecule has 0 saturated heterocycles. The van der Waals surface area contributed by atoms with Gasteiger partial charge in [0.1, 0.15) is 0 Å². The lowest BCUT2D eigenvalue weighted by Crippen LogP contribution is -2.25. The maximum Gasteiger partial charge on any atom is 0.0880 e. The number of nitrogens with zero attached hydrogens (tertiary/aromatic N) is 2. The summed E-state index contributed by atoms with van der Waals surface area (Å²) < 4.78 is 0. The summed E-state index contributed by atoms with van der Waals surface area (Å²) in [6.07, 6.45) is 4.03. The monoisotopic (exact) mass is 270 g/mol. The van der Waals surface area contributed by atoms with Crippen LogP contribution in [-0.4, -0.2) is 44.3 Å². The van der Waals surface area contributed by atoms with Gasteiger partial charge in [-0.25, -0.2) is 0 Å². The van der Waals surface area contributed by atoms with E-state index < -0.39 is 0 Å². The number of halogens is 1. The number of nitrogens with one attached hydrogen (secondary N) is 1. The van der Waals surface area contributed by atoms with Crippen LogP contribution in [0.15, 0.2) is 27.5 Å². The van der Waals surface area contributed by atoms with E-state index in [1.165, 1.54) is 0 Å². The fourth-order valence-corrected chi connectivity index (χ4v) is 2.05. The number of nitrogens with two attached hydrogens (primary N) is 1. The van der Waals surface area contributed by atoms with E-state index in [1.807, 2.05) is 19.0 Å². The molecule has 0 aromatic heterocycles. The molecule has 5 heteroatoms. The van der Waals surface area contributed by atoms with Crippen LogP contribution >= 0.6 is 11.6 Å². The SMILES string of the molecule is CC/C=C(\C(N)=C(/Cl)C1=NCCCNC1)N(C)C. The average molecular weight is 271 g/mol. The Hall–Kier alpha value is -1.00. The summed E-state index contributed by atoms with van der Waals surface area (Å²) in [5.41, 5.74) is 8.57. The number of rotatable bonds is 4. The van der Waals surface area contributed by atoms with Crippen LogP contribution < -0.4 is 11.1 Å². The minimum atomic E-state index is 0.567. The van der Waals surface area contributed by atoms with Gasteiger partial charge in [0.15, 0.2) is 0 Å². The highest BCUT2D eigenvalue weighted by molar-refractivity contribution is 6.44. The lowest BCUT2D eigenvalue weighted by Gasteiger charge is -2.19. The molecule has 0 fully saturated rings. The van der Waals surface area contributed by atoms with Gasteiger partial charge < -0.3 is 16.0 Å². The average Bonchev–Trinajstić information content (AvgIpc) is 2.62. The first kappa shape index (κ1) is 15.1. The second kappa shape index (κ2) is 7.44. The van der Waals surface area contributed by atoms with Crippen molar-refractivity contribution in [1.82, 2.24) is 10.2 Å². The third kappa shape index (κ3) is 4.03. The van der Waals surface area contributed by atoms with Crippen molar-refractivity contribution in [1.29, 1.82) is 0 Å². The molecule has 1 aliphatic rings. The van der Waals surface area contributed by atoms with E-state index in [2.05, 4.69) is 23.3 Å². The molecule has 0 spiro atoms. The van der Waals surface area contributed by atoms with E-state index in [4.69, 9.17) is 17.3 Å². The molecule has 1 aliphatic heterocycles. The molecular weight excluding hydrogens is 248 g/mol. The standard InChI is InChI=1S/C13H23ClN4/c1-4-6-11(18(2)3)13(15)12(14)10-9-16-7-5-8-17-10/h6,16H,4-5,7-9,15H2,1-3H3/b11-6+,13-12+. The Morgan fingerprint density at radius 1 is 1.56 bits per heavy atom. The Morgan fingerprint density at radius 3 is 2.89 bits per heavy atom. The molecule has 0 aromatic rings. The highest BCUT2D eigenvalue weighted by atomic mass is 35.5. The van der Waals surface area contributed by atoms with Crippen molar-refractivity contribution in [2.24, 2.45) is 10.7 Å². The van der Waals surface area contributed by atoms with Crippen molar-refractivity contribution in [3.8, 4) is 0 Å². The lowest BCUT2D eigenvalue weighted by atomic mass is 10.2. The summed E-state index contributed by atoms with van der Waals surface area (Å²) in [5, 5.41) is 3.86. The number of hydrogen-bond acceptors (Lipinski definition) is 4. The van der Waals surface area contributed by atoms with Crippen LogP contribution in [0.25, 0.3) is 0 Å². The normalized spacial score (nSPS) is 18.9. The molecule has 0 atom stereocenters. The zero-order valence-electron chi connectivity index (χ0n) is 11.5. The minimum Gasteiger partial charge on any atom is -0.396 e. The molecule has 0 aliphatic carbocycles. The number of aliphatic imine (C=N–C) groups is 1. The Labute approximate surface area is 115 Å². The van der Waals surface area contributed by atoms with Crippen molar-refractivity contribution < 1.29 is 0 Å². The highest BCUT2D eigenvalue weighted by Crippen LogP contribution is 2.18. The molecule has 3 N–H and O–H groups in total. The van der Waals surface area contributed by atoms with Gasteiger partial charge in [-0.1, -0.05) is 24.6 Å². The van der Waals surface area contributed by atoms with E-state index in [-0.39, 0.29) is 0 Å². The van der Waals surface area contributed by atoms with Crippen LogP contribution in [0.1, 0.15) is 19.8 Å². The van der Waals surface area contributed by atoms with Crippen molar-refractivity contribution in [2.75, 3.05) is 33.7 Å². The fraction of sp³-hybridized carbons (Fsp3) is 0.615. The second-order valence-electron chi connectivity index (χ2n) is 4.48. The van der Waals surface area contributed by atoms with Gasteiger partial charge >= 0.3 is 0 Å². The van der Waals surface area contributed by atoms with E-state index >= 15 is 0 Å². The van der Waals surface area contributed by atoms with Gasteiger partial charge in [0.2, 0.25) is 0 Å². The van der Waals surface area contributed by atoms with E-state index in [0.717, 1.165) is 37.3 Å². The Balaban J connectivity index is 3.01. The van der Waals surface area contributed by atoms with Crippen LogP contribution in [0.3, 0.4) is 0 Å². The van der Waals surface area contributed by atoms with Gasteiger partial charge in [-0.2, -0.15) is 0 Å². The summed E-state index contributed by atoms with van der Waals surface area (Å²) in [6, 6.07) is 0. The minimum absolute atomic E-state index is 0.567. The summed E-state index contributed by atoms with van der Waals surface area (Å²) in [4.78, 5) is 6.46. The largest absolute Gasteiger partial charge is 0.396 e. The van der Waals surface area contributed by atoms with Gasteiger partial charge in [0, 0.05) is 27.2 Å². The number of allylic oxidation sites excluding steroid dienone is 1. The molecule has 0 unspecified atom stereocenters. The molecule has 18 heavy (non-hydrogen) atoms. The Kier molecular flexibility index (Phi) is 6.22. The second-order valence-corrected chi connectivity index (χ2v) is 4.86. The quantitative estimate of drug-likeness (QED) is 0.765. The first-order chi connectivity index (χ1) is 8.57. The van der Waals surface area contributed by atoms with Gasteiger partial charge in [-0.15, -0.1) is 0 Å². The van der Waals surface area contributed by atoms with Gasteiger partial charge in [-0.3, -0.25) is 4.99 Å². The number of hydrogen-bond donors (Lipinski definition) is 2. The Morgan fingerprint density at radius 2 is 2.28 bits per heavy atom. The van der Waals surface area contributed by atoms with Gasteiger partial charge in [0.05, 0.1) is 22.1 Å². The highest BCUT2D eigenvalue weighted by Gasteiger charge is 2.14. The van der Waals surface area contributed by atoms with E-state index in [1.54, 1.807) is 0 Å². The molecule has 102 valence electrons. The zero-order valence-corrected chi connectivity index (χ0v) is 12.2. The van der Waals surface area contributed by atoms with Crippen LogP contribution in [0.2, 0.25) is 0 Å². The smallest absolute Gasteiger partial charge is 0.0880 e. The van der Waals surface area contributed by atoms with Crippen molar-refractivity contribution in [3.63, 3.8) is 0 Å². The van der Waals surface area contributed by atoms with Crippen LogP contribution in [0, 0.1) is 0 Å². The fourth-order valence-electron chi connectivity index (χ4n) is 1.82. The van der Waals surface area contributed by atoms with E-state index in [9.17, 15) is 0 Å². The molecule has 0 bridgehead atoms. The molecule has 4 nitrogen and oxygen atoms in total. The molecule has 0 saturated carbocycles. The molecule has 0 radical (unpaired) electrons. The molecule has 1 heterocycles. The summed E-state index contributed by atoms with van der Waals surface area (Å²) >= 11 is 6.37. The predicted molar refractivity (Wildman–Crippen MR) is 78.9 cm³/mol. The van der Waals surface area contributed by atoms with Crippen LogP contribution in [-0.2, 0) is 0 Å². The third-order valence-corrected chi connectivity index (χ3v) is 3.17. The first-order valence-corrected chi connectivity index (χ1v) is 6.73. The Bertz CT molecular complexity index is 369. The van der Waals surface area contributed by atoms with E-state index in [0.29, 0.717) is 17.3 Å². The first-order valence-electron chi connectivity index (χ1n) is 6.35. The molecule has 0 aromatic carbocycles. The summed E-state index contributed by atoms with van der Waals surface area (Å²) in [6.45, 7) is 4.55. The summed E-state index contributed by atoms with van der Waals surface area (Å²) in [5.74, 6) is 0. The molecule has 1 rings (SSSR count). The predicted octanol–water partition coefficient (Wildman–Crippen LogP) is 1.69. The molecule has 0 amide bonds. The zero-order chi connectivity index (χ0) is 13.5. The number of likely N-dealkylation sites (N-methyl/N-ethyl adjacent to an activating group) is 1. The lowest BCUT2D eigenvalue weighted by molar-refractivity contribution is 0.517. The van der Waals surface area contributed by atoms with Gasteiger partial charge in [-0.05, 0) is 19.4 Å². The van der Waals surface area contributed by atoms with Crippen molar-refractivity contribution in [3.05, 3.63) is 22.5 Å². The maximum absolute atomic E-state index is 6.37. The van der Waals surface area contributed by atoms with Crippen LogP contribution in [0.4, 0.5) is 0 Å². The summed E-state index contributed by atoms with van der Waals surface area (Å²) in [7, 11) is 3.93.